The number of hydrogen-bond donors (Lipinski definition) is 1. The van der Waals surface area contributed by atoms with Gasteiger partial charge in [0.25, 0.3) is 12.1 Å². The van der Waals surface area contributed by atoms with Gasteiger partial charge in [0.2, 0.25) is 0 Å². The van der Waals surface area contributed by atoms with Crippen molar-refractivity contribution in [2.45, 2.75) is 18.7 Å². The fraction of sp³-hybridized carbons (Fsp3) is 0.300. The number of anilines is 1. The van der Waals surface area contributed by atoms with Crippen LogP contribution in [0, 0.1) is 0 Å². The third kappa shape index (κ3) is 4.94. The van der Waals surface area contributed by atoms with E-state index in [4.69, 9.17) is 0 Å². The average Bonchev–Trinajstić information content (AvgIpc) is 2.27. The fourth-order valence-electron chi connectivity index (χ4n) is 1.09. The van der Waals surface area contributed by atoms with Crippen molar-refractivity contribution in [2.24, 2.45) is 0 Å². The van der Waals surface area contributed by atoms with Crippen LogP contribution in [0.15, 0.2) is 24.3 Å². The molecule has 1 aromatic carbocycles. The summed E-state index contributed by atoms with van der Waals surface area (Å²) in [6.07, 6.45) is -14.0. The van der Waals surface area contributed by atoms with Crippen molar-refractivity contribution in [3.8, 4) is 5.75 Å². The monoisotopic (exact) mass is 305 g/mol. The summed E-state index contributed by atoms with van der Waals surface area (Å²) in [5, 5.41) is 1.57. The van der Waals surface area contributed by atoms with Gasteiger partial charge in [0, 0.05) is 5.69 Å². The van der Waals surface area contributed by atoms with Crippen molar-refractivity contribution in [1.29, 1.82) is 0 Å². The van der Waals surface area contributed by atoms with E-state index in [1.54, 1.807) is 5.32 Å². The van der Waals surface area contributed by atoms with E-state index in [0.29, 0.717) is 0 Å². The predicted molar refractivity (Wildman–Crippen MR) is 52.7 cm³/mol. The molecule has 0 saturated carbocycles. The van der Waals surface area contributed by atoms with E-state index in [1.165, 1.54) is 0 Å². The molecule has 3 nitrogen and oxygen atoms in total. The molecule has 1 aromatic rings. The molecule has 10 heteroatoms. The third-order valence-electron chi connectivity index (χ3n) is 1.87. The van der Waals surface area contributed by atoms with Gasteiger partial charge < -0.3 is 10.1 Å². The first kappa shape index (κ1) is 16.1. The smallest absolute Gasteiger partial charge is 0.406 e. The van der Waals surface area contributed by atoms with Crippen molar-refractivity contribution < 1.29 is 40.3 Å². The zero-order chi connectivity index (χ0) is 15.6. The second-order valence-corrected chi connectivity index (χ2v) is 3.47. The van der Waals surface area contributed by atoms with Crippen molar-refractivity contribution >= 4 is 11.6 Å². The number of ether oxygens (including phenoxy) is 1. The molecule has 0 aliphatic rings. The van der Waals surface area contributed by atoms with Crippen LogP contribution in [-0.4, -0.2) is 24.6 Å². The minimum atomic E-state index is -5.36. The summed E-state index contributed by atoms with van der Waals surface area (Å²) in [6, 6.07) is 3.18. The van der Waals surface area contributed by atoms with Crippen molar-refractivity contribution in [2.75, 3.05) is 5.32 Å². The minimum absolute atomic E-state index is 0.309. The fourth-order valence-corrected chi connectivity index (χ4v) is 1.09. The highest BCUT2D eigenvalue weighted by Gasteiger charge is 2.45. The van der Waals surface area contributed by atoms with Gasteiger partial charge in [0.1, 0.15) is 5.75 Å². The van der Waals surface area contributed by atoms with Crippen LogP contribution in [0.25, 0.3) is 0 Å². The Morgan fingerprint density at radius 3 is 1.95 bits per heavy atom. The highest BCUT2D eigenvalue weighted by Crippen LogP contribution is 2.26. The van der Waals surface area contributed by atoms with Gasteiger partial charge >= 0.3 is 12.5 Å². The lowest BCUT2D eigenvalue weighted by atomic mass is 10.2. The number of alkyl halides is 7. The zero-order valence-electron chi connectivity index (χ0n) is 9.35. The molecule has 1 N–H and O–H groups in total. The molecule has 0 fully saturated rings. The van der Waals surface area contributed by atoms with Gasteiger partial charge in [0.15, 0.2) is 0 Å². The first-order valence-corrected chi connectivity index (χ1v) is 4.86. The Bertz CT molecular complexity index is 466. The van der Waals surface area contributed by atoms with E-state index >= 15 is 0 Å². The summed E-state index contributed by atoms with van der Waals surface area (Å²) in [5.74, 6) is -2.61. The van der Waals surface area contributed by atoms with Gasteiger partial charge in [-0.1, -0.05) is 0 Å². The predicted octanol–water partition coefficient (Wildman–Crippen LogP) is 3.42. The number of nitrogens with one attached hydrogen (secondary N) is 1. The van der Waals surface area contributed by atoms with Crippen molar-refractivity contribution in [3.63, 3.8) is 0 Å². The molecular weight excluding hydrogens is 299 g/mol. The Morgan fingerprint density at radius 2 is 1.55 bits per heavy atom. The van der Waals surface area contributed by atoms with Gasteiger partial charge in [-0.3, -0.25) is 4.79 Å². The summed E-state index contributed by atoms with van der Waals surface area (Å²) in [5.41, 5.74) is -0.309. The summed E-state index contributed by atoms with van der Waals surface area (Å²) < 4.78 is 87.2. The highest BCUT2D eigenvalue weighted by molar-refractivity contribution is 5.94. The molecule has 0 unspecified atom stereocenters. The summed E-state index contributed by atoms with van der Waals surface area (Å²) in [6.45, 7) is 0. The van der Waals surface area contributed by atoms with Gasteiger partial charge in [-0.25, -0.2) is 4.39 Å². The molecule has 0 aliphatic heterocycles. The topological polar surface area (TPSA) is 38.3 Å². The second-order valence-electron chi connectivity index (χ2n) is 3.47. The lowest BCUT2D eigenvalue weighted by molar-refractivity contribution is -0.274. The largest absolute Gasteiger partial charge is 0.573 e. The van der Waals surface area contributed by atoms with Gasteiger partial charge in [-0.05, 0) is 24.3 Å². The lowest BCUT2D eigenvalue weighted by Crippen LogP contribution is -2.36. The molecule has 20 heavy (non-hydrogen) atoms. The second kappa shape index (κ2) is 5.55. The van der Waals surface area contributed by atoms with E-state index in [2.05, 4.69) is 4.74 Å². The standard InChI is InChI=1S/C10H6F7NO2/c11-7(9(12,13)14)8(19)18-5-1-3-6(4-2-5)20-10(15,16)17/h1-4,7H,(H,18,19)/t7-/m0/s1. The molecule has 1 rings (SSSR count). The quantitative estimate of drug-likeness (QED) is 0.869. The van der Waals surface area contributed by atoms with Gasteiger partial charge in [-0.2, -0.15) is 13.2 Å². The maximum absolute atomic E-state index is 12.6. The van der Waals surface area contributed by atoms with E-state index in [-0.39, 0.29) is 5.69 Å². The van der Waals surface area contributed by atoms with Crippen LogP contribution in [0.1, 0.15) is 0 Å². The van der Waals surface area contributed by atoms with Crippen LogP contribution >= 0.6 is 0 Å². The molecule has 0 saturated heterocycles. The summed E-state index contributed by atoms with van der Waals surface area (Å²) >= 11 is 0. The van der Waals surface area contributed by atoms with Crippen LogP contribution in [0.5, 0.6) is 5.75 Å². The third-order valence-corrected chi connectivity index (χ3v) is 1.87. The molecule has 0 aromatic heterocycles. The number of halogens is 7. The number of carbonyl (C=O) groups is 1. The van der Waals surface area contributed by atoms with Crippen molar-refractivity contribution in [3.05, 3.63) is 24.3 Å². The van der Waals surface area contributed by atoms with E-state index in [9.17, 15) is 35.5 Å². The molecule has 0 radical (unpaired) electrons. The molecule has 0 aliphatic carbocycles. The van der Waals surface area contributed by atoms with Crippen LogP contribution in [0.2, 0.25) is 0 Å². The Labute approximate surface area is 107 Å². The van der Waals surface area contributed by atoms with Gasteiger partial charge in [-0.15, -0.1) is 13.2 Å². The average molecular weight is 305 g/mol. The minimum Gasteiger partial charge on any atom is -0.406 e. The van der Waals surface area contributed by atoms with Crippen LogP contribution < -0.4 is 10.1 Å². The van der Waals surface area contributed by atoms with E-state index in [1.807, 2.05) is 0 Å². The molecule has 1 amide bonds. The lowest BCUT2D eigenvalue weighted by Gasteiger charge is -2.13. The zero-order valence-corrected chi connectivity index (χ0v) is 9.35. The Morgan fingerprint density at radius 1 is 1.05 bits per heavy atom. The first-order valence-electron chi connectivity index (χ1n) is 4.86. The molecular formula is C10H6F7NO2. The van der Waals surface area contributed by atoms with E-state index in [0.717, 1.165) is 24.3 Å². The highest BCUT2D eigenvalue weighted by atomic mass is 19.4. The Balaban J connectivity index is 2.69. The summed E-state index contributed by atoms with van der Waals surface area (Å²) in [7, 11) is 0. The SMILES string of the molecule is O=C(Nc1ccc(OC(F)(F)F)cc1)[C@H](F)C(F)(F)F. The van der Waals surface area contributed by atoms with Crippen LogP contribution in [0.3, 0.4) is 0 Å². The van der Waals surface area contributed by atoms with Crippen LogP contribution in [0.4, 0.5) is 36.4 Å². The van der Waals surface area contributed by atoms with Gasteiger partial charge in [0.05, 0.1) is 0 Å². The summed E-state index contributed by atoms with van der Waals surface area (Å²) in [4.78, 5) is 10.9. The number of amides is 1. The molecule has 1 atom stereocenters. The van der Waals surface area contributed by atoms with Crippen LogP contribution in [-0.2, 0) is 4.79 Å². The van der Waals surface area contributed by atoms with Crippen molar-refractivity contribution in [1.82, 2.24) is 0 Å². The maximum atomic E-state index is 12.6. The Hall–Kier alpha value is -2.00. The number of hydrogen-bond acceptors (Lipinski definition) is 2. The number of benzene rings is 1. The number of carbonyl (C=O) groups excluding carboxylic acids is 1. The Kier molecular flexibility index (Phi) is 4.46. The molecule has 112 valence electrons. The molecule has 0 bridgehead atoms. The maximum Gasteiger partial charge on any atom is 0.573 e. The molecule has 0 heterocycles. The van der Waals surface area contributed by atoms with E-state index < -0.39 is 30.4 Å². The molecule has 0 spiro atoms. The number of rotatable bonds is 3. The normalized spacial score (nSPS) is 13.8. The first-order chi connectivity index (χ1) is 8.99.